The van der Waals surface area contributed by atoms with Gasteiger partial charge in [-0.25, -0.2) is 9.97 Å². The van der Waals surface area contributed by atoms with Gasteiger partial charge >= 0.3 is 0 Å². The van der Waals surface area contributed by atoms with E-state index >= 15 is 0 Å². The standard InChI is InChI=1S/C15H14N2O4/c1-20-13-5-4-10(8-14(13)21-2)11(18)9-12(19)15-16-6-3-7-17-15/h3-8H,9H2,1-2H3. The molecule has 2 rings (SSSR count). The summed E-state index contributed by atoms with van der Waals surface area (Å²) in [6.45, 7) is 0. The molecule has 0 atom stereocenters. The van der Waals surface area contributed by atoms with Gasteiger partial charge in [0.05, 0.1) is 20.6 Å². The topological polar surface area (TPSA) is 78.4 Å². The van der Waals surface area contributed by atoms with Crippen LogP contribution in [0.5, 0.6) is 11.5 Å². The molecular weight excluding hydrogens is 272 g/mol. The van der Waals surface area contributed by atoms with Gasteiger partial charge in [-0.2, -0.15) is 0 Å². The van der Waals surface area contributed by atoms with Crippen LogP contribution in [0.2, 0.25) is 0 Å². The molecule has 1 aromatic carbocycles. The number of hydrogen-bond acceptors (Lipinski definition) is 6. The summed E-state index contributed by atoms with van der Waals surface area (Å²) in [5.41, 5.74) is 0.372. The second-order valence-corrected chi connectivity index (χ2v) is 4.17. The number of carbonyl (C=O) groups excluding carboxylic acids is 2. The van der Waals surface area contributed by atoms with Crippen molar-refractivity contribution >= 4 is 11.6 Å². The highest BCUT2D eigenvalue weighted by atomic mass is 16.5. The summed E-state index contributed by atoms with van der Waals surface area (Å²) in [7, 11) is 2.99. The number of Topliss-reactive ketones (excluding diaryl/α,β-unsaturated/α-hetero) is 2. The fourth-order valence-electron chi connectivity index (χ4n) is 1.78. The Morgan fingerprint density at radius 2 is 1.67 bits per heavy atom. The lowest BCUT2D eigenvalue weighted by Crippen LogP contribution is -2.11. The number of ether oxygens (including phenoxy) is 2. The zero-order valence-electron chi connectivity index (χ0n) is 11.7. The van der Waals surface area contributed by atoms with Gasteiger partial charge in [-0.15, -0.1) is 0 Å². The molecule has 6 nitrogen and oxygen atoms in total. The van der Waals surface area contributed by atoms with Crippen LogP contribution in [0.4, 0.5) is 0 Å². The number of aromatic nitrogens is 2. The minimum atomic E-state index is -0.421. The average Bonchev–Trinajstić information content (AvgIpc) is 2.54. The summed E-state index contributed by atoms with van der Waals surface area (Å²) in [6, 6.07) is 6.35. The maximum atomic E-state index is 12.1. The van der Waals surface area contributed by atoms with Crippen molar-refractivity contribution in [1.29, 1.82) is 0 Å². The first-order chi connectivity index (χ1) is 10.2. The van der Waals surface area contributed by atoms with Gasteiger partial charge in [0.25, 0.3) is 0 Å². The molecule has 0 bridgehead atoms. The molecule has 0 aliphatic rings. The SMILES string of the molecule is COc1ccc(C(=O)CC(=O)c2ncccn2)cc1OC. The largest absolute Gasteiger partial charge is 0.493 e. The van der Waals surface area contributed by atoms with E-state index in [0.29, 0.717) is 17.1 Å². The van der Waals surface area contributed by atoms with Crippen molar-refractivity contribution in [3.63, 3.8) is 0 Å². The Morgan fingerprint density at radius 1 is 1.00 bits per heavy atom. The van der Waals surface area contributed by atoms with E-state index in [0.717, 1.165) is 0 Å². The monoisotopic (exact) mass is 286 g/mol. The molecule has 0 radical (unpaired) electrons. The molecule has 0 saturated heterocycles. The van der Waals surface area contributed by atoms with Crippen LogP contribution in [0, 0.1) is 0 Å². The van der Waals surface area contributed by atoms with Crippen LogP contribution in [0.25, 0.3) is 0 Å². The van der Waals surface area contributed by atoms with Crippen LogP contribution >= 0.6 is 0 Å². The second-order valence-electron chi connectivity index (χ2n) is 4.17. The van der Waals surface area contributed by atoms with Crippen molar-refractivity contribution in [1.82, 2.24) is 9.97 Å². The van der Waals surface area contributed by atoms with Gasteiger partial charge in [0, 0.05) is 18.0 Å². The van der Waals surface area contributed by atoms with E-state index < -0.39 is 5.78 Å². The summed E-state index contributed by atoms with van der Waals surface area (Å²) >= 11 is 0. The lowest BCUT2D eigenvalue weighted by atomic mass is 10.0. The number of ketones is 2. The molecule has 2 aromatic rings. The molecule has 1 heterocycles. The molecule has 0 aliphatic heterocycles. The Bertz CT molecular complexity index is 656. The van der Waals surface area contributed by atoms with Crippen molar-refractivity contribution in [3.05, 3.63) is 48.0 Å². The van der Waals surface area contributed by atoms with E-state index in [-0.39, 0.29) is 18.0 Å². The number of methoxy groups -OCH3 is 2. The minimum absolute atomic E-state index is 0.0336. The van der Waals surface area contributed by atoms with Crippen molar-refractivity contribution in [2.24, 2.45) is 0 Å². The minimum Gasteiger partial charge on any atom is -0.493 e. The molecule has 0 amide bonds. The van der Waals surface area contributed by atoms with E-state index in [1.54, 1.807) is 24.3 Å². The molecule has 1 aromatic heterocycles. The predicted molar refractivity (Wildman–Crippen MR) is 74.9 cm³/mol. The van der Waals surface area contributed by atoms with E-state index in [9.17, 15) is 9.59 Å². The molecule has 0 aliphatic carbocycles. The molecular formula is C15H14N2O4. The third-order valence-electron chi connectivity index (χ3n) is 2.84. The Hall–Kier alpha value is -2.76. The van der Waals surface area contributed by atoms with Crippen LogP contribution in [0.3, 0.4) is 0 Å². The maximum Gasteiger partial charge on any atom is 0.207 e. The highest BCUT2D eigenvalue weighted by molar-refractivity contribution is 6.12. The number of benzene rings is 1. The molecule has 0 spiro atoms. The van der Waals surface area contributed by atoms with Crippen LogP contribution in [0.15, 0.2) is 36.7 Å². The first-order valence-corrected chi connectivity index (χ1v) is 6.21. The van der Waals surface area contributed by atoms with E-state index in [2.05, 4.69) is 9.97 Å². The molecule has 0 unspecified atom stereocenters. The van der Waals surface area contributed by atoms with Crippen molar-refractivity contribution in [3.8, 4) is 11.5 Å². The van der Waals surface area contributed by atoms with E-state index in [4.69, 9.17) is 9.47 Å². The van der Waals surface area contributed by atoms with Gasteiger partial charge in [-0.05, 0) is 24.3 Å². The average molecular weight is 286 g/mol. The van der Waals surface area contributed by atoms with Gasteiger partial charge < -0.3 is 9.47 Å². The van der Waals surface area contributed by atoms with Crippen molar-refractivity contribution < 1.29 is 19.1 Å². The van der Waals surface area contributed by atoms with E-state index in [1.807, 2.05) is 0 Å². The van der Waals surface area contributed by atoms with Crippen LogP contribution < -0.4 is 9.47 Å². The number of nitrogens with zero attached hydrogens (tertiary/aromatic N) is 2. The molecule has 0 fully saturated rings. The highest BCUT2D eigenvalue weighted by Gasteiger charge is 2.17. The zero-order valence-corrected chi connectivity index (χ0v) is 11.7. The van der Waals surface area contributed by atoms with Crippen LogP contribution in [-0.2, 0) is 0 Å². The summed E-state index contributed by atoms with van der Waals surface area (Å²) in [4.78, 5) is 31.7. The maximum absolute atomic E-state index is 12.1. The lowest BCUT2D eigenvalue weighted by Gasteiger charge is -2.08. The summed E-state index contributed by atoms with van der Waals surface area (Å²) in [5.74, 6) is 0.244. The molecule has 6 heteroatoms. The molecule has 21 heavy (non-hydrogen) atoms. The number of carbonyl (C=O) groups is 2. The summed E-state index contributed by atoms with van der Waals surface area (Å²) in [6.07, 6.45) is 2.63. The zero-order chi connectivity index (χ0) is 15.2. The van der Waals surface area contributed by atoms with E-state index in [1.165, 1.54) is 26.6 Å². The lowest BCUT2D eigenvalue weighted by molar-refractivity contribution is 0.0888. The highest BCUT2D eigenvalue weighted by Crippen LogP contribution is 2.28. The summed E-state index contributed by atoms with van der Waals surface area (Å²) < 4.78 is 10.2. The van der Waals surface area contributed by atoms with Gasteiger partial charge in [-0.3, -0.25) is 9.59 Å². The molecule has 0 saturated carbocycles. The van der Waals surface area contributed by atoms with Crippen molar-refractivity contribution in [2.45, 2.75) is 6.42 Å². The van der Waals surface area contributed by atoms with Gasteiger partial charge in [-0.1, -0.05) is 0 Å². The van der Waals surface area contributed by atoms with Crippen LogP contribution in [0.1, 0.15) is 27.4 Å². The predicted octanol–water partition coefficient (Wildman–Crippen LogP) is 1.95. The quantitative estimate of drug-likeness (QED) is 0.596. The normalized spacial score (nSPS) is 10.0. The number of rotatable bonds is 6. The summed E-state index contributed by atoms with van der Waals surface area (Å²) in [5, 5.41) is 0. The Kier molecular flexibility index (Phi) is 4.61. The van der Waals surface area contributed by atoms with Crippen LogP contribution in [-0.4, -0.2) is 35.8 Å². The Labute approximate surface area is 121 Å². The smallest absolute Gasteiger partial charge is 0.207 e. The third-order valence-corrected chi connectivity index (χ3v) is 2.84. The Balaban J connectivity index is 2.15. The molecule has 108 valence electrons. The van der Waals surface area contributed by atoms with Crippen molar-refractivity contribution in [2.75, 3.05) is 14.2 Å². The fourth-order valence-corrected chi connectivity index (χ4v) is 1.78. The molecule has 0 N–H and O–H groups in total. The first-order valence-electron chi connectivity index (χ1n) is 6.21. The first kappa shape index (κ1) is 14.6. The number of hydrogen-bond donors (Lipinski definition) is 0. The van der Waals surface area contributed by atoms with Gasteiger partial charge in [0.15, 0.2) is 23.1 Å². The third kappa shape index (κ3) is 3.42. The second kappa shape index (κ2) is 6.60. The van der Waals surface area contributed by atoms with Gasteiger partial charge in [0.1, 0.15) is 0 Å². The fraction of sp³-hybridized carbons (Fsp3) is 0.200. The Morgan fingerprint density at radius 3 is 2.29 bits per heavy atom. The van der Waals surface area contributed by atoms with Gasteiger partial charge in [0.2, 0.25) is 5.78 Å².